The van der Waals surface area contributed by atoms with Crippen LogP contribution in [-0.2, 0) is 16.2 Å². The summed E-state index contributed by atoms with van der Waals surface area (Å²) in [4.78, 5) is 2.46. The first-order valence-corrected chi connectivity index (χ1v) is 19.2. The molecule has 50 heavy (non-hydrogen) atoms. The van der Waals surface area contributed by atoms with Crippen LogP contribution < -0.4 is 9.64 Å². The molecule has 0 radical (unpaired) electrons. The third-order valence-corrected chi connectivity index (χ3v) is 15.0. The summed E-state index contributed by atoms with van der Waals surface area (Å²) in [5, 5.41) is 0. The highest BCUT2D eigenvalue weighted by atomic mass is 16.5. The molecule has 4 saturated carbocycles. The van der Waals surface area contributed by atoms with Gasteiger partial charge in [0.1, 0.15) is 11.5 Å². The van der Waals surface area contributed by atoms with E-state index in [-0.39, 0.29) is 16.2 Å². The Bertz CT molecular complexity index is 2200. The molecule has 0 amide bonds. The van der Waals surface area contributed by atoms with Crippen LogP contribution in [0.5, 0.6) is 11.5 Å². The zero-order valence-electron chi connectivity index (χ0n) is 29.9. The predicted molar refractivity (Wildman–Crippen MR) is 204 cm³/mol. The highest BCUT2D eigenvalue weighted by Crippen LogP contribution is 2.89. The van der Waals surface area contributed by atoms with Crippen molar-refractivity contribution in [3.05, 3.63) is 138 Å². The number of hydrogen-bond donors (Lipinski definition) is 0. The van der Waals surface area contributed by atoms with Crippen molar-refractivity contribution in [3.8, 4) is 22.6 Å². The van der Waals surface area contributed by atoms with E-state index in [1.165, 1.54) is 83.3 Å². The molecule has 1 aliphatic heterocycles. The average Bonchev–Trinajstić information content (AvgIpc) is 3.66. The lowest BCUT2D eigenvalue weighted by Gasteiger charge is -2.77. The molecule has 250 valence electrons. The molecule has 0 aromatic heterocycles. The van der Waals surface area contributed by atoms with Gasteiger partial charge in [-0.25, -0.2) is 0 Å². The summed E-state index contributed by atoms with van der Waals surface area (Å²) >= 11 is 0. The van der Waals surface area contributed by atoms with Gasteiger partial charge in [-0.05, 0) is 143 Å². The van der Waals surface area contributed by atoms with Crippen LogP contribution >= 0.6 is 0 Å². The smallest absolute Gasteiger partial charge is 0.133 e. The van der Waals surface area contributed by atoms with Gasteiger partial charge in [-0.15, -0.1) is 0 Å². The van der Waals surface area contributed by atoms with Gasteiger partial charge in [0.2, 0.25) is 0 Å². The van der Waals surface area contributed by atoms with Gasteiger partial charge < -0.3 is 9.64 Å². The molecule has 5 aromatic carbocycles. The number of hydrogen-bond acceptors (Lipinski definition) is 2. The Morgan fingerprint density at radius 2 is 1.22 bits per heavy atom. The van der Waals surface area contributed by atoms with Crippen LogP contribution in [0.4, 0.5) is 17.1 Å². The molecule has 0 N–H and O–H groups in total. The van der Waals surface area contributed by atoms with E-state index in [4.69, 9.17) is 4.74 Å². The molecule has 2 spiro atoms. The molecule has 11 rings (SSSR count). The Hall–Kier alpha value is -4.30. The molecule has 2 bridgehead atoms. The normalized spacial score (nSPS) is 31.0. The van der Waals surface area contributed by atoms with Gasteiger partial charge in [0, 0.05) is 39.7 Å². The first-order chi connectivity index (χ1) is 24.2. The number of fused-ring (bicyclic) bond motifs is 8. The van der Waals surface area contributed by atoms with Crippen LogP contribution in [0.1, 0.15) is 88.5 Å². The number of nitrogens with zero attached hydrogens (tertiary/aromatic N) is 1. The maximum absolute atomic E-state index is 7.08. The summed E-state index contributed by atoms with van der Waals surface area (Å²) in [5.74, 6) is 5.41. The Morgan fingerprint density at radius 3 is 1.98 bits per heavy atom. The summed E-state index contributed by atoms with van der Waals surface area (Å²) in [7, 11) is 0. The van der Waals surface area contributed by atoms with Crippen LogP contribution in [0.15, 0.2) is 115 Å². The van der Waals surface area contributed by atoms with Crippen molar-refractivity contribution in [2.45, 2.75) is 82.5 Å². The van der Waals surface area contributed by atoms with E-state index in [9.17, 15) is 0 Å². The second kappa shape index (κ2) is 9.72. The molecule has 1 heterocycles. The number of benzene rings is 5. The van der Waals surface area contributed by atoms with E-state index in [1.807, 2.05) is 0 Å². The largest absolute Gasteiger partial charge is 0.457 e. The Labute approximate surface area is 297 Å². The van der Waals surface area contributed by atoms with Gasteiger partial charge in [-0.3, -0.25) is 0 Å². The van der Waals surface area contributed by atoms with Crippen LogP contribution in [0, 0.1) is 29.1 Å². The van der Waals surface area contributed by atoms with E-state index < -0.39 is 0 Å². The van der Waals surface area contributed by atoms with Gasteiger partial charge in [-0.1, -0.05) is 94.4 Å². The molecule has 6 unspecified atom stereocenters. The van der Waals surface area contributed by atoms with Gasteiger partial charge >= 0.3 is 0 Å². The topological polar surface area (TPSA) is 12.5 Å². The second-order valence-electron chi connectivity index (χ2n) is 18.1. The fourth-order valence-electron chi connectivity index (χ4n) is 12.8. The van der Waals surface area contributed by atoms with E-state index in [1.54, 1.807) is 0 Å². The van der Waals surface area contributed by atoms with E-state index in [2.05, 4.69) is 148 Å². The van der Waals surface area contributed by atoms with Crippen molar-refractivity contribution in [2.75, 3.05) is 4.90 Å². The third-order valence-electron chi connectivity index (χ3n) is 15.0. The molecule has 5 aromatic rings. The number of para-hydroxylation sites is 1. The minimum atomic E-state index is 0.0386. The second-order valence-corrected chi connectivity index (χ2v) is 18.1. The summed E-state index contributed by atoms with van der Waals surface area (Å²) in [6, 6.07) is 43.5. The summed E-state index contributed by atoms with van der Waals surface area (Å²) in [6.45, 7) is 9.68. The van der Waals surface area contributed by atoms with Gasteiger partial charge in [0.25, 0.3) is 0 Å². The van der Waals surface area contributed by atoms with Crippen molar-refractivity contribution < 1.29 is 4.74 Å². The van der Waals surface area contributed by atoms with E-state index in [0.29, 0.717) is 17.3 Å². The Balaban J connectivity index is 1.08. The van der Waals surface area contributed by atoms with Crippen LogP contribution in [-0.4, -0.2) is 0 Å². The molecule has 6 atom stereocenters. The minimum absolute atomic E-state index is 0.0386. The highest BCUT2D eigenvalue weighted by Gasteiger charge is 2.84. The van der Waals surface area contributed by atoms with E-state index >= 15 is 0 Å². The zero-order chi connectivity index (χ0) is 33.6. The molecular formula is C48H47NO. The van der Waals surface area contributed by atoms with E-state index in [0.717, 1.165) is 29.0 Å². The fraction of sp³-hybridized carbons (Fsp3) is 0.375. The Kier molecular flexibility index (Phi) is 5.72. The Morgan fingerprint density at radius 1 is 0.540 bits per heavy atom. The summed E-state index contributed by atoms with van der Waals surface area (Å²) in [5.41, 5.74) is 12.9. The van der Waals surface area contributed by atoms with Gasteiger partial charge in [0.15, 0.2) is 0 Å². The molecule has 2 nitrogen and oxygen atoms in total. The fourth-order valence-corrected chi connectivity index (χ4v) is 12.8. The molecular weight excluding hydrogens is 607 g/mol. The monoisotopic (exact) mass is 653 g/mol. The summed E-state index contributed by atoms with van der Waals surface area (Å²) < 4.78 is 7.08. The van der Waals surface area contributed by atoms with Crippen LogP contribution in [0.3, 0.4) is 0 Å². The maximum atomic E-state index is 7.08. The highest BCUT2D eigenvalue weighted by molar-refractivity contribution is 5.80. The first-order valence-electron chi connectivity index (χ1n) is 19.2. The van der Waals surface area contributed by atoms with Crippen molar-refractivity contribution >= 4 is 17.1 Å². The molecule has 4 fully saturated rings. The van der Waals surface area contributed by atoms with Crippen molar-refractivity contribution in [3.63, 3.8) is 0 Å². The lowest BCUT2D eigenvalue weighted by molar-refractivity contribution is -0.235. The third kappa shape index (κ3) is 3.60. The maximum Gasteiger partial charge on any atom is 0.133 e. The molecule has 6 aliphatic rings. The van der Waals surface area contributed by atoms with Crippen molar-refractivity contribution in [1.29, 1.82) is 0 Å². The van der Waals surface area contributed by atoms with Gasteiger partial charge in [-0.2, -0.15) is 0 Å². The van der Waals surface area contributed by atoms with Gasteiger partial charge in [0.05, 0.1) is 0 Å². The minimum Gasteiger partial charge on any atom is -0.457 e. The van der Waals surface area contributed by atoms with Crippen LogP contribution in [0.25, 0.3) is 11.1 Å². The lowest BCUT2D eigenvalue weighted by atomic mass is 9.26. The SMILES string of the molecule is CC1(C)CCC(C)(C)c2cc(N(c3ccccc3)c3ccc4c(c3)Oc3ccc(-c5ccccc5)cc3C43C4CC5CC6CC3C64C5)ccc21. The average molecular weight is 654 g/mol. The quantitative estimate of drug-likeness (QED) is 0.191. The lowest BCUT2D eigenvalue weighted by Crippen LogP contribution is -2.74. The number of ether oxygens (including phenoxy) is 1. The molecule has 0 saturated heterocycles. The van der Waals surface area contributed by atoms with Crippen molar-refractivity contribution in [1.82, 2.24) is 0 Å². The molecule has 5 aliphatic carbocycles. The van der Waals surface area contributed by atoms with Crippen molar-refractivity contribution in [2.24, 2.45) is 29.1 Å². The first kappa shape index (κ1) is 29.4. The standard InChI is InChI=1S/C48H47NO/c1-45(2)21-22-46(3,4)39-27-35(16-18-37(39)45)49(34-13-9-6-10-14-34)36-17-19-38-42(28-36)50-41-20-15-32(31-11-7-5-8-12-31)25-40(41)48(38)43-24-30-23-33-26-44(48)47(33,43)29-30/h5-20,25,27-28,30,33,43-44H,21-24,26,29H2,1-4H3. The predicted octanol–water partition coefficient (Wildman–Crippen LogP) is 12.6. The zero-order valence-corrected chi connectivity index (χ0v) is 29.9. The summed E-state index contributed by atoms with van der Waals surface area (Å²) in [6.07, 6.45) is 8.11. The molecule has 2 heteroatoms. The number of anilines is 3. The van der Waals surface area contributed by atoms with Crippen LogP contribution in [0.2, 0.25) is 0 Å². The number of rotatable bonds is 4.